The SMILES string of the molecule is O=C(NC(CBr)c1ccccc1)C1CSc2ccccc21. The van der Waals surface area contributed by atoms with Gasteiger partial charge in [0, 0.05) is 16.0 Å². The number of nitrogens with one attached hydrogen (secondary N) is 1. The lowest BCUT2D eigenvalue weighted by molar-refractivity contribution is -0.122. The van der Waals surface area contributed by atoms with Crippen molar-refractivity contribution in [2.45, 2.75) is 16.9 Å². The Bertz CT molecular complexity index is 632. The van der Waals surface area contributed by atoms with Crippen molar-refractivity contribution >= 4 is 33.6 Å². The zero-order valence-electron chi connectivity index (χ0n) is 11.5. The van der Waals surface area contributed by atoms with E-state index in [4.69, 9.17) is 0 Å². The minimum absolute atomic E-state index is 0.0106. The van der Waals surface area contributed by atoms with Crippen molar-refractivity contribution in [1.29, 1.82) is 0 Å². The predicted octanol–water partition coefficient (Wildman–Crippen LogP) is 4.13. The minimum atomic E-state index is -0.0449. The van der Waals surface area contributed by atoms with Crippen molar-refractivity contribution in [3.8, 4) is 0 Å². The van der Waals surface area contributed by atoms with Gasteiger partial charge in [-0.25, -0.2) is 0 Å². The van der Waals surface area contributed by atoms with Crippen molar-refractivity contribution in [3.63, 3.8) is 0 Å². The van der Waals surface area contributed by atoms with E-state index >= 15 is 0 Å². The van der Waals surface area contributed by atoms with Crippen LogP contribution in [0.25, 0.3) is 0 Å². The first kappa shape index (κ1) is 14.7. The summed E-state index contributed by atoms with van der Waals surface area (Å²) in [5, 5.41) is 3.88. The molecule has 0 radical (unpaired) electrons. The standard InChI is InChI=1S/C17H16BrNOS/c18-10-15(12-6-2-1-3-7-12)19-17(20)14-11-21-16-9-5-4-8-13(14)16/h1-9,14-15H,10-11H2,(H,19,20). The number of hydrogen-bond donors (Lipinski definition) is 1. The van der Waals surface area contributed by atoms with E-state index in [1.54, 1.807) is 11.8 Å². The Morgan fingerprint density at radius 2 is 1.90 bits per heavy atom. The van der Waals surface area contributed by atoms with Crippen molar-refractivity contribution in [2.75, 3.05) is 11.1 Å². The Morgan fingerprint density at radius 1 is 1.19 bits per heavy atom. The summed E-state index contributed by atoms with van der Waals surface area (Å²) in [4.78, 5) is 13.8. The average Bonchev–Trinajstić information content (AvgIpc) is 2.97. The number of fused-ring (bicyclic) bond motifs is 1. The van der Waals surface area contributed by atoms with Crippen molar-refractivity contribution in [2.24, 2.45) is 0 Å². The van der Waals surface area contributed by atoms with E-state index in [1.807, 2.05) is 42.5 Å². The molecule has 0 aromatic heterocycles. The van der Waals surface area contributed by atoms with Gasteiger partial charge in [0.15, 0.2) is 0 Å². The molecule has 1 amide bonds. The summed E-state index contributed by atoms with van der Waals surface area (Å²) in [5.41, 5.74) is 2.28. The Labute approximate surface area is 137 Å². The number of alkyl halides is 1. The molecule has 0 aliphatic carbocycles. The molecule has 0 saturated heterocycles. The number of carbonyl (C=O) groups excluding carboxylic acids is 1. The van der Waals surface area contributed by atoms with E-state index in [0.29, 0.717) is 5.33 Å². The molecule has 0 fully saturated rings. The second kappa shape index (κ2) is 6.67. The molecule has 0 spiro atoms. The van der Waals surface area contributed by atoms with Crippen molar-refractivity contribution in [1.82, 2.24) is 5.32 Å². The topological polar surface area (TPSA) is 29.1 Å². The molecule has 1 aliphatic heterocycles. The summed E-state index contributed by atoms with van der Waals surface area (Å²) in [7, 11) is 0. The maximum atomic E-state index is 12.6. The molecule has 108 valence electrons. The van der Waals surface area contributed by atoms with E-state index in [1.165, 1.54) is 4.90 Å². The summed E-state index contributed by atoms with van der Waals surface area (Å²) in [6.07, 6.45) is 0. The van der Waals surface area contributed by atoms with E-state index in [-0.39, 0.29) is 17.9 Å². The van der Waals surface area contributed by atoms with Crippen LogP contribution in [-0.4, -0.2) is 17.0 Å². The summed E-state index contributed by atoms with van der Waals surface area (Å²) in [5.74, 6) is 0.895. The minimum Gasteiger partial charge on any atom is -0.348 e. The lowest BCUT2D eigenvalue weighted by Crippen LogP contribution is -2.33. The van der Waals surface area contributed by atoms with Gasteiger partial charge in [0.25, 0.3) is 0 Å². The summed E-state index contributed by atoms with van der Waals surface area (Å²) in [6.45, 7) is 0. The van der Waals surface area contributed by atoms with Crippen LogP contribution in [0.3, 0.4) is 0 Å². The number of amides is 1. The van der Waals surface area contributed by atoms with Crippen LogP contribution in [0.5, 0.6) is 0 Å². The first-order chi connectivity index (χ1) is 10.3. The van der Waals surface area contributed by atoms with E-state index in [9.17, 15) is 4.79 Å². The number of halogens is 1. The van der Waals surface area contributed by atoms with Gasteiger partial charge in [0.1, 0.15) is 0 Å². The third-order valence-corrected chi connectivity index (χ3v) is 5.52. The van der Waals surface area contributed by atoms with Crippen LogP contribution in [0.2, 0.25) is 0 Å². The first-order valence-corrected chi connectivity index (χ1v) is 9.03. The molecule has 21 heavy (non-hydrogen) atoms. The van der Waals surface area contributed by atoms with Crippen LogP contribution in [0.1, 0.15) is 23.1 Å². The van der Waals surface area contributed by atoms with Crippen LogP contribution in [-0.2, 0) is 4.79 Å². The second-order valence-corrected chi connectivity index (χ2v) is 6.74. The average molecular weight is 362 g/mol. The Kier molecular flexibility index (Phi) is 4.66. The van der Waals surface area contributed by atoms with Crippen LogP contribution < -0.4 is 5.32 Å². The molecule has 3 rings (SSSR count). The Hall–Kier alpha value is -1.26. The molecule has 1 heterocycles. The highest BCUT2D eigenvalue weighted by molar-refractivity contribution is 9.09. The smallest absolute Gasteiger partial charge is 0.228 e. The van der Waals surface area contributed by atoms with Gasteiger partial charge in [-0.1, -0.05) is 64.5 Å². The highest BCUT2D eigenvalue weighted by Gasteiger charge is 2.30. The maximum absolute atomic E-state index is 12.6. The molecule has 4 heteroatoms. The van der Waals surface area contributed by atoms with Crippen molar-refractivity contribution < 1.29 is 4.79 Å². The summed E-state index contributed by atoms with van der Waals surface area (Å²) in [6, 6.07) is 18.3. The summed E-state index contributed by atoms with van der Waals surface area (Å²) >= 11 is 5.26. The fourth-order valence-electron chi connectivity index (χ4n) is 2.55. The molecule has 0 bridgehead atoms. The molecule has 1 aliphatic rings. The highest BCUT2D eigenvalue weighted by Crippen LogP contribution is 2.39. The van der Waals surface area contributed by atoms with Gasteiger partial charge in [-0.3, -0.25) is 4.79 Å². The molecule has 2 atom stereocenters. The zero-order chi connectivity index (χ0) is 14.7. The molecule has 2 aromatic rings. The van der Waals surface area contributed by atoms with E-state index in [2.05, 4.69) is 33.4 Å². The molecule has 2 aromatic carbocycles. The van der Waals surface area contributed by atoms with Crippen LogP contribution in [0.4, 0.5) is 0 Å². The molecular formula is C17H16BrNOS. The molecule has 2 unspecified atom stereocenters. The number of benzene rings is 2. The third kappa shape index (κ3) is 3.16. The van der Waals surface area contributed by atoms with E-state index < -0.39 is 0 Å². The fourth-order valence-corrected chi connectivity index (χ4v) is 4.31. The van der Waals surface area contributed by atoms with Gasteiger partial charge in [0.2, 0.25) is 5.91 Å². The zero-order valence-corrected chi connectivity index (χ0v) is 13.9. The van der Waals surface area contributed by atoms with Crippen LogP contribution >= 0.6 is 27.7 Å². The third-order valence-electron chi connectivity index (χ3n) is 3.69. The predicted molar refractivity (Wildman–Crippen MR) is 91.0 cm³/mol. The van der Waals surface area contributed by atoms with Gasteiger partial charge in [-0.2, -0.15) is 0 Å². The van der Waals surface area contributed by atoms with Gasteiger partial charge in [0.05, 0.1) is 12.0 Å². The van der Waals surface area contributed by atoms with Gasteiger partial charge < -0.3 is 5.32 Å². The first-order valence-electron chi connectivity index (χ1n) is 6.92. The number of thioether (sulfide) groups is 1. The normalized spacial score (nSPS) is 18.0. The highest BCUT2D eigenvalue weighted by atomic mass is 79.9. The van der Waals surface area contributed by atoms with Crippen LogP contribution in [0.15, 0.2) is 59.5 Å². The van der Waals surface area contributed by atoms with Gasteiger partial charge in [-0.05, 0) is 17.2 Å². The molecular weight excluding hydrogens is 346 g/mol. The number of carbonyl (C=O) groups is 1. The summed E-state index contributed by atoms with van der Waals surface area (Å²) < 4.78 is 0. The number of rotatable bonds is 4. The lowest BCUT2D eigenvalue weighted by atomic mass is 9.99. The van der Waals surface area contributed by atoms with E-state index in [0.717, 1.165) is 16.9 Å². The molecule has 0 saturated carbocycles. The second-order valence-electron chi connectivity index (χ2n) is 5.03. The van der Waals surface area contributed by atoms with Gasteiger partial charge >= 0.3 is 0 Å². The fraction of sp³-hybridized carbons (Fsp3) is 0.235. The maximum Gasteiger partial charge on any atom is 0.228 e. The number of hydrogen-bond acceptors (Lipinski definition) is 2. The largest absolute Gasteiger partial charge is 0.348 e. The van der Waals surface area contributed by atoms with Crippen LogP contribution in [0, 0.1) is 0 Å². The Balaban J connectivity index is 1.75. The molecule has 1 N–H and O–H groups in total. The lowest BCUT2D eigenvalue weighted by Gasteiger charge is -2.19. The molecule has 2 nitrogen and oxygen atoms in total. The Morgan fingerprint density at radius 3 is 2.67 bits per heavy atom. The quantitative estimate of drug-likeness (QED) is 0.829. The van der Waals surface area contributed by atoms with Crippen molar-refractivity contribution in [3.05, 3.63) is 65.7 Å². The van der Waals surface area contributed by atoms with Gasteiger partial charge in [-0.15, -0.1) is 11.8 Å². The monoisotopic (exact) mass is 361 g/mol.